The Morgan fingerprint density at radius 2 is 2.12 bits per heavy atom. The van der Waals surface area contributed by atoms with E-state index in [0.717, 1.165) is 10.7 Å². The number of carbonyl (C=O) groups excluding carboxylic acids is 1. The summed E-state index contributed by atoms with van der Waals surface area (Å²) >= 11 is 1.54. The molecule has 0 aliphatic heterocycles. The average molecular weight is 286 g/mol. The van der Waals surface area contributed by atoms with Crippen LogP contribution >= 0.6 is 36.2 Å². The number of hydrogen-bond donors (Lipinski definition) is 2. The quantitative estimate of drug-likeness (QED) is 0.887. The fourth-order valence-corrected chi connectivity index (χ4v) is 1.97. The number of thiazole rings is 1. The predicted octanol–water partition coefficient (Wildman–Crippen LogP) is 1.61. The number of rotatable bonds is 3. The molecule has 4 nitrogen and oxygen atoms in total. The topological polar surface area (TPSA) is 68.0 Å². The molecule has 7 heteroatoms. The number of carbonyl (C=O) groups is 1. The number of aromatic nitrogens is 1. The van der Waals surface area contributed by atoms with Gasteiger partial charge < -0.3 is 11.1 Å². The maximum Gasteiger partial charge on any atom is 0.234 e. The second-order valence-corrected chi connectivity index (χ2v) is 4.53. The van der Waals surface area contributed by atoms with Crippen LogP contribution in [0.5, 0.6) is 0 Å². The molecule has 0 aliphatic rings. The van der Waals surface area contributed by atoms with E-state index in [1.807, 2.05) is 26.2 Å². The third-order valence-electron chi connectivity index (χ3n) is 1.79. The minimum atomic E-state index is -0.435. The van der Waals surface area contributed by atoms with Crippen LogP contribution < -0.4 is 11.1 Å². The first-order chi connectivity index (χ1) is 6.45. The monoisotopic (exact) mass is 285 g/mol. The lowest BCUT2D eigenvalue weighted by Gasteiger charge is -2.23. The Morgan fingerprint density at radius 3 is 2.50 bits per heavy atom. The molecule has 94 valence electrons. The van der Waals surface area contributed by atoms with Gasteiger partial charge in [0, 0.05) is 11.1 Å². The van der Waals surface area contributed by atoms with E-state index in [1.165, 1.54) is 0 Å². The minimum Gasteiger partial charge on any atom is -0.344 e. The van der Waals surface area contributed by atoms with E-state index in [1.54, 1.807) is 11.3 Å². The van der Waals surface area contributed by atoms with Crippen molar-refractivity contribution in [3.8, 4) is 0 Å². The van der Waals surface area contributed by atoms with E-state index in [9.17, 15) is 4.79 Å². The summed E-state index contributed by atoms with van der Waals surface area (Å²) < 4.78 is 0. The second-order valence-electron chi connectivity index (χ2n) is 3.67. The smallest absolute Gasteiger partial charge is 0.234 e. The van der Waals surface area contributed by atoms with Crippen molar-refractivity contribution in [2.75, 3.05) is 6.54 Å². The average Bonchev–Trinajstić information content (AvgIpc) is 2.51. The van der Waals surface area contributed by atoms with Gasteiger partial charge in [0.05, 0.1) is 12.1 Å². The zero-order valence-electron chi connectivity index (χ0n) is 9.44. The summed E-state index contributed by atoms with van der Waals surface area (Å²) in [6, 6.07) is 0. The van der Waals surface area contributed by atoms with E-state index in [2.05, 4.69) is 10.3 Å². The molecular weight excluding hydrogens is 269 g/mol. The first-order valence-electron chi connectivity index (χ1n) is 4.39. The van der Waals surface area contributed by atoms with Crippen LogP contribution in [0, 0.1) is 6.92 Å². The van der Waals surface area contributed by atoms with Crippen molar-refractivity contribution in [3.63, 3.8) is 0 Å². The molecule has 0 aromatic carbocycles. The van der Waals surface area contributed by atoms with Crippen molar-refractivity contribution in [2.24, 2.45) is 5.73 Å². The highest BCUT2D eigenvalue weighted by molar-refractivity contribution is 7.09. The fourth-order valence-electron chi connectivity index (χ4n) is 1.09. The van der Waals surface area contributed by atoms with Crippen molar-refractivity contribution in [1.82, 2.24) is 10.3 Å². The number of aryl methyl sites for hydroxylation is 1. The summed E-state index contributed by atoms with van der Waals surface area (Å²) in [5.74, 6) is -0.164. The molecule has 0 unspecified atom stereocenters. The molecule has 1 aromatic heterocycles. The zero-order valence-corrected chi connectivity index (χ0v) is 11.9. The summed E-state index contributed by atoms with van der Waals surface area (Å²) in [5.41, 5.74) is 5.77. The molecule has 1 amide bonds. The highest BCUT2D eigenvalue weighted by Gasteiger charge is 2.25. The normalized spacial score (nSPS) is 10.0. The van der Waals surface area contributed by atoms with Crippen LogP contribution in [-0.4, -0.2) is 17.4 Å². The lowest BCUT2D eigenvalue weighted by atomic mass is 10.1. The molecule has 3 N–H and O–H groups in total. The van der Waals surface area contributed by atoms with Crippen LogP contribution in [0.3, 0.4) is 0 Å². The number of hydrogen-bond acceptors (Lipinski definition) is 4. The Bertz CT molecular complexity index is 341. The molecule has 0 atom stereocenters. The van der Waals surface area contributed by atoms with Crippen LogP contribution in [0.15, 0.2) is 5.38 Å². The molecule has 1 rings (SSSR count). The van der Waals surface area contributed by atoms with Crippen LogP contribution in [0.4, 0.5) is 0 Å². The van der Waals surface area contributed by atoms with E-state index < -0.39 is 5.54 Å². The first-order valence-corrected chi connectivity index (χ1v) is 5.27. The van der Waals surface area contributed by atoms with Gasteiger partial charge in [-0.1, -0.05) is 0 Å². The largest absolute Gasteiger partial charge is 0.344 e. The van der Waals surface area contributed by atoms with Gasteiger partial charge in [-0.25, -0.2) is 4.98 Å². The van der Waals surface area contributed by atoms with Crippen LogP contribution in [0.1, 0.15) is 24.5 Å². The number of nitrogens with two attached hydrogens (primary N) is 1. The number of nitrogens with zero attached hydrogens (tertiary/aromatic N) is 1. The Labute approximate surface area is 112 Å². The molecule has 0 fully saturated rings. The summed E-state index contributed by atoms with van der Waals surface area (Å²) in [4.78, 5) is 15.5. The molecule has 1 aromatic rings. The highest BCUT2D eigenvalue weighted by Crippen LogP contribution is 2.23. The van der Waals surface area contributed by atoms with E-state index in [0.29, 0.717) is 0 Å². The molecule has 0 spiro atoms. The second kappa shape index (κ2) is 7.06. The van der Waals surface area contributed by atoms with E-state index in [-0.39, 0.29) is 37.3 Å². The maximum atomic E-state index is 11.1. The molecule has 0 saturated carbocycles. The van der Waals surface area contributed by atoms with Crippen molar-refractivity contribution >= 4 is 42.1 Å². The van der Waals surface area contributed by atoms with Gasteiger partial charge in [0.2, 0.25) is 5.91 Å². The minimum absolute atomic E-state index is 0. The van der Waals surface area contributed by atoms with Crippen LogP contribution in [0.2, 0.25) is 0 Å². The van der Waals surface area contributed by atoms with Gasteiger partial charge in [0.15, 0.2) is 0 Å². The summed E-state index contributed by atoms with van der Waals surface area (Å²) in [6.07, 6.45) is 0. The van der Waals surface area contributed by atoms with Crippen molar-refractivity contribution < 1.29 is 4.79 Å². The van der Waals surface area contributed by atoms with E-state index in [4.69, 9.17) is 5.73 Å². The number of nitrogens with one attached hydrogen (secondary N) is 1. The molecule has 0 bridgehead atoms. The Kier molecular flexibility index (Phi) is 7.95. The highest BCUT2D eigenvalue weighted by atomic mass is 35.5. The van der Waals surface area contributed by atoms with Crippen LogP contribution in [-0.2, 0) is 10.3 Å². The lowest BCUT2D eigenvalue weighted by Crippen LogP contribution is -2.43. The molecular formula is C9H17Cl2N3OS. The Hall–Kier alpha value is -0.360. The van der Waals surface area contributed by atoms with Crippen molar-refractivity contribution in [2.45, 2.75) is 26.3 Å². The standard InChI is InChI=1S/C9H15N3OS.2ClH/c1-6-5-14-8(11-6)9(2,3)12-7(13)4-10;;/h5H,4,10H2,1-3H3,(H,12,13);2*1H. The van der Waals surface area contributed by atoms with Gasteiger partial charge in [-0.15, -0.1) is 36.2 Å². The fraction of sp³-hybridized carbons (Fsp3) is 0.556. The molecule has 0 saturated heterocycles. The molecule has 0 radical (unpaired) electrons. The number of halogens is 2. The third kappa shape index (κ3) is 4.65. The maximum absolute atomic E-state index is 11.1. The summed E-state index contributed by atoms with van der Waals surface area (Å²) in [5, 5.41) is 5.68. The van der Waals surface area contributed by atoms with Crippen molar-refractivity contribution in [1.29, 1.82) is 0 Å². The third-order valence-corrected chi connectivity index (χ3v) is 3.07. The molecule has 0 aliphatic carbocycles. The SMILES string of the molecule is Cc1csc(C(C)(C)NC(=O)CN)n1.Cl.Cl. The number of amides is 1. The molecule has 16 heavy (non-hydrogen) atoms. The van der Waals surface area contributed by atoms with E-state index >= 15 is 0 Å². The summed E-state index contributed by atoms with van der Waals surface area (Å²) in [6.45, 7) is 5.77. The predicted molar refractivity (Wildman–Crippen MR) is 71.6 cm³/mol. The van der Waals surface area contributed by atoms with Gasteiger partial charge in [0.1, 0.15) is 5.01 Å². The Balaban J connectivity index is 0. The Morgan fingerprint density at radius 1 is 1.56 bits per heavy atom. The summed E-state index contributed by atoms with van der Waals surface area (Å²) in [7, 11) is 0. The lowest BCUT2D eigenvalue weighted by molar-refractivity contribution is -0.121. The first kappa shape index (κ1) is 18.0. The van der Waals surface area contributed by atoms with Gasteiger partial charge in [0.25, 0.3) is 0 Å². The van der Waals surface area contributed by atoms with Gasteiger partial charge >= 0.3 is 0 Å². The van der Waals surface area contributed by atoms with Crippen LogP contribution in [0.25, 0.3) is 0 Å². The molecule has 1 heterocycles. The van der Waals surface area contributed by atoms with Gasteiger partial charge in [-0.05, 0) is 20.8 Å². The van der Waals surface area contributed by atoms with Crippen molar-refractivity contribution in [3.05, 3.63) is 16.1 Å². The zero-order chi connectivity index (χ0) is 10.8. The van der Waals surface area contributed by atoms with Gasteiger partial charge in [-0.2, -0.15) is 0 Å². The van der Waals surface area contributed by atoms with Gasteiger partial charge in [-0.3, -0.25) is 4.79 Å².